The number of hydrogen-bond donors (Lipinski definition) is 1. The number of nitrogens with one attached hydrogen (secondary N) is 1. The second kappa shape index (κ2) is 7.09. The molecule has 0 saturated carbocycles. The molecule has 1 amide bonds. The van der Waals surface area contributed by atoms with Gasteiger partial charge in [0.1, 0.15) is 0 Å². The fraction of sp³-hybridized carbons (Fsp3) is 0.500. The summed E-state index contributed by atoms with van der Waals surface area (Å²) in [6.07, 6.45) is 2.72. The van der Waals surface area contributed by atoms with E-state index in [0.29, 0.717) is 5.56 Å². The molecule has 0 bridgehead atoms. The molecule has 0 radical (unpaired) electrons. The largest absolute Gasteiger partial charge is 0.349 e. The van der Waals surface area contributed by atoms with Crippen molar-refractivity contribution in [2.24, 2.45) is 0 Å². The highest BCUT2D eigenvalue weighted by Gasteiger charge is 2.17. The number of amides is 1. The predicted molar refractivity (Wildman–Crippen MR) is 80.7 cm³/mol. The summed E-state index contributed by atoms with van der Waals surface area (Å²) in [6, 6.07) is 4.41. The first-order valence-electron chi connectivity index (χ1n) is 6.65. The number of carbonyl (C=O) groups is 1. The van der Waals surface area contributed by atoms with E-state index < -0.39 is 9.05 Å². The molecule has 4 nitrogen and oxygen atoms in total. The van der Waals surface area contributed by atoms with Gasteiger partial charge in [0.25, 0.3) is 15.0 Å². The van der Waals surface area contributed by atoms with Crippen LogP contribution in [0.25, 0.3) is 0 Å². The third-order valence-corrected chi connectivity index (χ3v) is 4.55. The third-order valence-electron chi connectivity index (χ3n) is 3.20. The fourth-order valence-corrected chi connectivity index (χ4v) is 2.76. The molecule has 1 unspecified atom stereocenters. The van der Waals surface area contributed by atoms with Crippen LogP contribution in [0.3, 0.4) is 0 Å². The van der Waals surface area contributed by atoms with Gasteiger partial charge in [-0.15, -0.1) is 0 Å². The summed E-state index contributed by atoms with van der Waals surface area (Å²) in [5, 5.41) is 2.93. The Balaban J connectivity index is 3.03. The molecule has 0 aliphatic rings. The molecule has 1 rings (SSSR count). The van der Waals surface area contributed by atoms with Crippen molar-refractivity contribution in [3.63, 3.8) is 0 Å². The van der Waals surface area contributed by atoms with Gasteiger partial charge in [-0.25, -0.2) is 8.42 Å². The summed E-state index contributed by atoms with van der Waals surface area (Å²) < 4.78 is 22.7. The summed E-state index contributed by atoms with van der Waals surface area (Å²) in [7, 11) is 1.48. The Morgan fingerprint density at radius 1 is 1.35 bits per heavy atom. The summed E-state index contributed by atoms with van der Waals surface area (Å²) in [6.45, 7) is 5.83. The molecule has 0 aliphatic heterocycles. The molecule has 6 heteroatoms. The smallest absolute Gasteiger partial charge is 0.261 e. The second-order valence-electron chi connectivity index (χ2n) is 4.78. The molecule has 1 N–H and O–H groups in total. The first-order chi connectivity index (χ1) is 9.29. The van der Waals surface area contributed by atoms with Crippen LogP contribution < -0.4 is 5.32 Å². The lowest BCUT2D eigenvalue weighted by molar-refractivity contribution is 0.0933. The minimum absolute atomic E-state index is 0.0570. The summed E-state index contributed by atoms with van der Waals surface area (Å²) in [5.74, 6) is -0.259. The highest BCUT2D eigenvalue weighted by molar-refractivity contribution is 8.13. The van der Waals surface area contributed by atoms with Crippen LogP contribution in [0.2, 0.25) is 0 Å². The lowest BCUT2D eigenvalue weighted by Crippen LogP contribution is -2.34. The minimum atomic E-state index is -3.83. The summed E-state index contributed by atoms with van der Waals surface area (Å²) >= 11 is 0. The maximum atomic E-state index is 12.2. The average molecular weight is 318 g/mol. The Kier molecular flexibility index (Phi) is 6.02. The summed E-state index contributed by atoms with van der Waals surface area (Å²) in [5.41, 5.74) is 1.07. The van der Waals surface area contributed by atoms with E-state index in [1.807, 2.05) is 6.92 Å². The number of carbonyl (C=O) groups excluding carboxylic acids is 1. The van der Waals surface area contributed by atoms with E-state index in [0.717, 1.165) is 24.8 Å². The molecule has 0 fully saturated rings. The number of halogens is 1. The molecule has 0 aliphatic carbocycles. The van der Waals surface area contributed by atoms with Crippen molar-refractivity contribution >= 4 is 25.6 Å². The van der Waals surface area contributed by atoms with Gasteiger partial charge in [-0.2, -0.15) is 0 Å². The van der Waals surface area contributed by atoms with Gasteiger partial charge in [0.2, 0.25) is 0 Å². The lowest BCUT2D eigenvalue weighted by atomic mass is 10.1. The monoisotopic (exact) mass is 317 g/mol. The topological polar surface area (TPSA) is 63.2 Å². The predicted octanol–water partition coefficient (Wildman–Crippen LogP) is 3.23. The van der Waals surface area contributed by atoms with Crippen molar-refractivity contribution in [1.82, 2.24) is 5.32 Å². The molecule has 1 aromatic rings. The SMILES string of the molecule is CCCC(CC)NC(=O)c1cc(S(=O)(=O)Cl)ccc1C. The maximum absolute atomic E-state index is 12.2. The second-order valence-corrected chi connectivity index (χ2v) is 7.35. The molecule has 20 heavy (non-hydrogen) atoms. The lowest BCUT2D eigenvalue weighted by Gasteiger charge is -2.17. The van der Waals surface area contributed by atoms with Gasteiger partial charge >= 0.3 is 0 Å². The van der Waals surface area contributed by atoms with Crippen LogP contribution in [0, 0.1) is 6.92 Å². The van der Waals surface area contributed by atoms with Gasteiger partial charge in [-0.1, -0.05) is 26.3 Å². The molecule has 0 heterocycles. The number of hydrogen-bond acceptors (Lipinski definition) is 3. The van der Waals surface area contributed by atoms with Crippen LogP contribution in [0.5, 0.6) is 0 Å². The van der Waals surface area contributed by atoms with Gasteiger partial charge in [0.05, 0.1) is 4.90 Å². The first-order valence-corrected chi connectivity index (χ1v) is 8.96. The number of benzene rings is 1. The molecule has 1 aromatic carbocycles. The van der Waals surface area contributed by atoms with Gasteiger partial charge < -0.3 is 5.32 Å². The minimum Gasteiger partial charge on any atom is -0.349 e. The highest BCUT2D eigenvalue weighted by atomic mass is 35.7. The molecule has 0 spiro atoms. The van der Waals surface area contributed by atoms with E-state index in [2.05, 4.69) is 12.2 Å². The zero-order valence-electron chi connectivity index (χ0n) is 11.9. The van der Waals surface area contributed by atoms with Gasteiger partial charge in [0.15, 0.2) is 0 Å². The van der Waals surface area contributed by atoms with Crippen LogP contribution in [-0.4, -0.2) is 20.4 Å². The van der Waals surface area contributed by atoms with E-state index in [4.69, 9.17) is 10.7 Å². The van der Waals surface area contributed by atoms with Crippen LogP contribution in [-0.2, 0) is 9.05 Å². The zero-order chi connectivity index (χ0) is 15.3. The number of rotatable bonds is 6. The van der Waals surface area contributed by atoms with E-state index in [1.54, 1.807) is 13.0 Å². The van der Waals surface area contributed by atoms with E-state index >= 15 is 0 Å². The Hall–Kier alpha value is -1.07. The van der Waals surface area contributed by atoms with Crippen molar-refractivity contribution in [2.45, 2.75) is 51.0 Å². The normalized spacial score (nSPS) is 13.0. The standard InChI is InChI=1S/C14H20ClNO3S/c1-4-6-11(5-2)16-14(17)13-9-12(20(15,18)19)8-7-10(13)3/h7-9,11H,4-6H2,1-3H3,(H,16,17). The zero-order valence-corrected chi connectivity index (χ0v) is 13.5. The van der Waals surface area contributed by atoms with Crippen LogP contribution in [0.15, 0.2) is 23.1 Å². The Morgan fingerprint density at radius 3 is 2.50 bits per heavy atom. The fourth-order valence-electron chi connectivity index (χ4n) is 1.99. The van der Waals surface area contributed by atoms with Crippen molar-refractivity contribution in [1.29, 1.82) is 0 Å². The molecule has 112 valence electrons. The molecular formula is C14H20ClNO3S. The number of aryl methyl sites for hydroxylation is 1. The average Bonchev–Trinajstić information content (AvgIpc) is 2.37. The summed E-state index contributed by atoms with van der Waals surface area (Å²) in [4.78, 5) is 12.2. The van der Waals surface area contributed by atoms with Crippen molar-refractivity contribution in [2.75, 3.05) is 0 Å². The van der Waals surface area contributed by atoms with Crippen molar-refractivity contribution in [3.8, 4) is 0 Å². The van der Waals surface area contributed by atoms with Gasteiger partial charge in [0, 0.05) is 22.3 Å². The van der Waals surface area contributed by atoms with E-state index in [9.17, 15) is 13.2 Å². The van der Waals surface area contributed by atoms with Crippen LogP contribution in [0.1, 0.15) is 49.0 Å². The first kappa shape index (κ1) is 17.0. The van der Waals surface area contributed by atoms with Crippen molar-refractivity contribution in [3.05, 3.63) is 29.3 Å². The molecule has 0 saturated heterocycles. The highest BCUT2D eigenvalue weighted by Crippen LogP contribution is 2.19. The van der Waals surface area contributed by atoms with E-state index in [1.165, 1.54) is 12.1 Å². The van der Waals surface area contributed by atoms with Gasteiger partial charge in [-0.3, -0.25) is 4.79 Å². The van der Waals surface area contributed by atoms with Gasteiger partial charge in [-0.05, 0) is 37.5 Å². The maximum Gasteiger partial charge on any atom is 0.261 e. The molecular weight excluding hydrogens is 298 g/mol. The Bertz CT molecular complexity index is 584. The Morgan fingerprint density at radius 2 is 2.00 bits per heavy atom. The van der Waals surface area contributed by atoms with E-state index in [-0.39, 0.29) is 16.8 Å². The van der Waals surface area contributed by atoms with Crippen LogP contribution in [0.4, 0.5) is 0 Å². The van der Waals surface area contributed by atoms with Crippen molar-refractivity contribution < 1.29 is 13.2 Å². The van der Waals surface area contributed by atoms with Crippen LogP contribution >= 0.6 is 10.7 Å². The molecule has 1 atom stereocenters. The third kappa shape index (κ3) is 4.49. The Labute approximate surface area is 124 Å². The molecule has 0 aromatic heterocycles. The quantitative estimate of drug-likeness (QED) is 0.819.